The molecule has 0 aromatic heterocycles. The van der Waals surface area contributed by atoms with E-state index in [0.29, 0.717) is 13.2 Å². The van der Waals surface area contributed by atoms with Crippen LogP contribution >= 0.6 is 0 Å². The first-order chi connectivity index (χ1) is 7.15. The van der Waals surface area contributed by atoms with Gasteiger partial charge in [-0.15, -0.1) is 0 Å². The van der Waals surface area contributed by atoms with Gasteiger partial charge >= 0.3 is 0 Å². The molecule has 1 heterocycles. The van der Waals surface area contributed by atoms with E-state index >= 15 is 0 Å². The van der Waals surface area contributed by atoms with Gasteiger partial charge in [-0.25, -0.2) is 0 Å². The van der Waals surface area contributed by atoms with E-state index < -0.39 is 0 Å². The molecule has 1 aliphatic heterocycles. The summed E-state index contributed by atoms with van der Waals surface area (Å²) in [6.07, 6.45) is 1.07. The molecule has 1 aliphatic rings. The normalized spacial score (nSPS) is 27.6. The second-order valence-electron chi connectivity index (χ2n) is 4.75. The van der Waals surface area contributed by atoms with E-state index in [2.05, 4.69) is 18.7 Å². The summed E-state index contributed by atoms with van der Waals surface area (Å²) in [4.78, 5) is 2.31. The third-order valence-electron chi connectivity index (χ3n) is 3.49. The van der Waals surface area contributed by atoms with E-state index in [1.165, 1.54) is 0 Å². The lowest BCUT2D eigenvalue weighted by Crippen LogP contribution is -2.52. The highest BCUT2D eigenvalue weighted by Gasteiger charge is 2.29. The first kappa shape index (κ1) is 12.9. The van der Waals surface area contributed by atoms with Gasteiger partial charge in [0, 0.05) is 13.1 Å². The maximum Gasteiger partial charge on any atom is 0.0644 e. The molecule has 2 atom stereocenters. The van der Waals surface area contributed by atoms with Gasteiger partial charge in [-0.1, -0.05) is 13.8 Å². The number of nitrogens with two attached hydrogens (primary N) is 1. The highest BCUT2D eigenvalue weighted by molar-refractivity contribution is 4.83. The van der Waals surface area contributed by atoms with Gasteiger partial charge in [0.25, 0.3) is 0 Å². The smallest absolute Gasteiger partial charge is 0.0644 e. The van der Waals surface area contributed by atoms with Gasteiger partial charge in [0.1, 0.15) is 0 Å². The predicted octanol–water partition coefficient (Wildman–Crippen LogP) is 0.0545. The van der Waals surface area contributed by atoms with Crippen molar-refractivity contribution in [2.45, 2.75) is 26.3 Å². The zero-order valence-electron chi connectivity index (χ0n) is 9.91. The van der Waals surface area contributed by atoms with E-state index in [0.717, 1.165) is 26.1 Å². The molecule has 1 fully saturated rings. The first-order valence-corrected chi connectivity index (χ1v) is 5.78. The van der Waals surface area contributed by atoms with Crippen molar-refractivity contribution >= 4 is 0 Å². The van der Waals surface area contributed by atoms with Crippen LogP contribution in [0.4, 0.5) is 0 Å². The summed E-state index contributed by atoms with van der Waals surface area (Å²) >= 11 is 0. The minimum absolute atomic E-state index is 0.149. The minimum Gasteiger partial charge on any atom is -0.395 e. The summed E-state index contributed by atoms with van der Waals surface area (Å²) in [5, 5.41) is 9.25. The number of hydrogen-bond donors (Lipinski definition) is 2. The summed E-state index contributed by atoms with van der Waals surface area (Å²) in [5.41, 5.74) is 5.96. The van der Waals surface area contributed by atoms with E-state index in [4.69, 9.17) is 10.5 Å². The molecular formula is C11H24N2O2. The van der Waals surface area contributed by atoms with Crippen LogP contribution in [0, 0.1) is 5.41 Å². The van der Waals surface area contributed by atoms with Crippen molar-refractivity contribution in [3.63, 3.8) is 0 Å². The van der Waals surface area contributed by atoms with Gasteiger partial charge in [0.05, 0.1) is 25.9 Å². The molecule has 0 bridgehead atoms. The Balaban J connectivity index is 2.53. The van der Waals surface area contributed by atoms with Crippen LogP contribution in [0.1, 0.15) is 20.3 Å². The van der Waals surface area contributed by atoms with Crippen LogP contribution in [0.5, 0.6) is 0 Å². The zero-order chi connectivity index (χ0) is 11.3. The quantitative estimate of drug-likeness (QED) is 0.682. The number of hydrogen-bond acceptors (Lipinski definition) is 4. The van der Waals surface area contributed by atoms with Gasteiger partial charge in [-0.05, 0) is 18.4 Å². The third-order valence-corrected chi connectivity index (χ3v) is 3.49. The fourth-order valence-electron chi connectivity index (χ4n) is 1.88. The van der Waals surface area contributed by atoms with Crippen molar-refractivity contribution in [3.8, 4) is 0 Å². The molecule has 0 aromatic rings. The van der Waals surface area contributed by atoms with Crippen LogP contribution in [0.15, 0.2) is 0 Å². The third kappa shape index (κ3) is 3.41. The van der Waals surface area contributed by atoms with Crippen LogP contribution < -0.4 is 5.73 Å². The van der Waals surface area contributed by atoms with Crippen molar-refractivity contribution in [2.75, 3.05) is 39.5 Å². The van der Waals surface area contributed by atoms with E-state index in [-0.39, 0.29) is 18.1 Å². The molecule has 0 radical (unpaired) electrons. The molecule has 4 nitrogen and oxygen atoms in total. The van der Waals surface area contributed by atoms with Crippen LogP contribution in [0.25, 0.3) is 0 Å². The predicted molar refractivity (Wildman–Crippen MR) is 60.7 cm³/mol. The Morgan fingerprint density at radius 1 is 1.60 bits per heavy atom. The molecule has 2 unspecified atom stereocenters. The first-order valence-electron chi connectivity index (χ1n) is 5.78. The number of aliphatic hydroxyl groups is 1. The van der Waals surface area contributed by atoms with Gasteiger partial charge in [-0.3, -0.25) is 4.90 Å². The molecule has 90 valence electrons. The molecule has 1 saturated heterocycles. The number of ether oxygens (including phenoxy) is 1. The molecular weight excluding hydrogens is 192 g/mol. The van der Waals surface area contributed by atoms with E-state index in [9.17, 15) is 5.11 Å². The highest BCUT2D eigenvalue weighted by Crippen LogP contribution is 2.22. The molecule has 4 heteroatoms. The number of nitrogens with zero attached hydrogens (tertiary/aromatic N) is 1. The van der Waals surface area contributed by atoms with Crippen LogP contribution in [0.3, 0.4) is 0 Å². The maximum atomic E-state index is 9.25. The summed E-state index contributed by atoms with van der Waals surface area (Å²) in [6.45, 7) is 8.50. The Hall–Kier alpha value is -0.160. The van der Waals surface area contributed by atoms with Gasteiger partial charge in [0.15, 0.2) is 0 Å². The van der Waals surface area contributed by atoms with Crippen LogP contribution in [-0.2, 0) is 4.74 Å². The van der Waals surface area contributed by atoms with Crippen molar-refractivity contribution in [1.82, 2.24) is 4.90 Å². The lowest BCUT2D eigenvalue weighted by Gasteiger charge is -2.40. The Labute approximate surface area is 92.4 Å². The molecule has 15 heavy (non-hydrogen) atoms. The molecule has 3 N–H and O–H groups in total. The van der Waals surface area contributed by atoms with Crippen molar-refractivity contribution < 1.29 is 9.84 Å². The fourth-order valence-corrected chi connectivity index (χ4v) is 1.88. The zero-order valence-corrected chi connectivity index (χ0v) is 9.91. The Morgan fingerprint density at radius 2 is 2.33 bits per heavy atom. The molecule has 0 saturated carbocycles. The summed E-state index contributed by atoms with van der Waals surface area (Å²) in [7, 11) is 0. The Morgan fingerprint density at radius 3 is 2.87 bits per heavy atom. The lowest BCUT2D eigenvalue weighted by molar-refractivity contribution is -0.0422. The average molecular weight is 216 g/mol. The number of aliphatic hydroxyl groups excluding tert-OH is 1. The summed E-state index contributed by atoms with van der Waals surface area (Å²) in [6, 6.07) is 0.149. The van der Waals surface area contributed by atoms with Gasteiger partial charge in [-0.2, -0.15) is 0 Å². The SMILES string of the molecule is CCC(C)(CN)CN1CCOCC1CO. The largest absolute Gasteiger partial charge is 0.395 e. The molecule has 0 spiro atoms. The van der Waals surface area contributed by atoms with Crippen LogP contribution in [0.2, 0.25) is 0 Å². The fraction of sp³-hybridized carbons (Fsp3) is 1.00. The monoisotopic (exact) mass is 216 g/mol. The second kappa shape index (κ2) is 5.80. The average Bonchev–Trinajstić information content (AvgIpc) is 2.29. The minimum atomic E-state index is 0.149. The van der Waals surface area contributed by atoms with Crippen LogP contribution in [-0.4, -0.2) is 55.5 Å². The van der Waals surface area contributed by atoms with E-state index in [1.54, 1.807) is 0 Å². The standard InChI is InChI=1S/C11H24N2O2/c1-3-11(2,8-12)9-13-4-5-15-7-10(13)6-14/h10,14H,3-9,12H2,1-2H3. The molecule has 0 amide bonds. The van der Waals surface area contributed by atoms with Crippen molar-refractivity contribution in [2.24, 2.45) is 11.1 Å². The Bertz CT molecular complexity index is 183. The summed E-state index contributed by atoms with van der Waals surface area (Å²) in [5.74, 6) is 0. The van der Waals surface area contributed by atoms with Gasteiger partial charge in [0.2, 0.25) is 0 Å². The molecule has 0 aromatic carbocycles. The van der Waals surface area contributed by atoms with Gasteiger partial charge < -0.3 is 15.6 Å². The number of rotatable bonds is 5. The lowest BCUT2D eigenvalue weighted by atomic mass is 9.86. The van der Waals surface area contributed by atoms with E-state index in [1.807, 2.05) is 0 Å². The second-order valence-corrected chi connectivity index (χ2v) is 4.75. The molecule has 1 rings (SSSR count). The number of morpholine rings is 1. The Kier molecular flexibility index (Phi) is 4.99. The summed E-state index contributed by atoms with van der Waals surface area (Å²) < 4.78 is 5.35. The topological polar surface area (TPSA) is 58.7 Å². The maximum absolute atomic E-state index is 9.25. The van der Waals surface area contributed by atoms with Crippen molar-refractivity contribution in [3.05, 3.63) is 0 Å². The molecule has 0 aliphatic carbocycles. The van der Waals surface area contributed by atoms with Crippen molar-refractivity contribution in [1.29, 1.82) is 0 Å². The highest BCUT2D eigenvalue weighted by atomic mass is 16.5.